The molecule has 2 atom stereocenters. The molecule has 2 rings (SSSR count). The molecule has 1 aromatic rings. The summed E-state index contributed by atoms with van der Waals surface area (Å²) in [7, 11) is 0. The molecular weight excluding hydrogens is 216 g/mol. The van der Waals surface area contributed by atoms with Crippen molar-refractivity contribution in [2.45, 2.75) is 26.2 Å². The van der Waals surface area contributed by atoms with Crippen molar-refractivity contribution in [2.75, 3.05) is 13.2 Å². The first kappa shape index (κ1) is 12.0. The standard InChI is InChI=1S/C14H18O3/c1-3-16-11-7-5-10(6-8-11)12-9-13(12)14(15)17-4-2/h5-8,12-13H,3-4,9H2,1-2H3/t12-,13+/m0/s1. The number of esters is 1. The van der Waals surface area contributed by atoms with Gasteiger partial charge in [0.2, 0.25) is 0 Å². The Hall–Kier alpha value is -1.51. The number of ether oxygens (including phenoxy) is 2. The molecule has 0 radical (unpaired) electrons. The van der Waals surface area contributed by atoms with Gasteiger partial charge in [-0.3, -0.25) is 4.79 Å². The van der Waals surface area contributed by atoms with Crippen LogP contribution >= 0.6 is 0 Å². The second kappa shape index (κ2) is 5.21. The zero-order chi connectivity index (χ0) is 12.3. The van der Waals surface area contributed by atoms with Crippen molar-refractivity contribution >= 4 is 5.97 Å². The van der Waals surface area contributed by atoms with Gasteiger partial charge in [0.05, 0.1) is 19.1 Å². The van der Waals surface area contributed by atoms with Gasteiger partial charge in [-0.15, -0.1) is 0 Å². The zero-order valence-corrected chi connectivity index (χ0v) is 10.3. The summed E-state index contributed by atoms with van der Waals surface area (Å²) in [5.74, 6) is 1.22. The van der Waals surface area contributed by atoms with E-state index in [9.17, 15) is 4.79 Å². The maximum absolute atomic E-state index is 11.5. The molecule has 0 heterocycles. The van der Waals surface area contributed by atoms with Crippen molar-refractivity contribution in [2.24, 2.45) is 5.92 Å². The first-order valence-electron chi connectivity index (χ1n) is 6.15. The molecule has 1 aliphatic carbocycles. The lowest BCUT2D eigenvalue weighted by Crippen LogP contribution is -2.07. The SMILES string of the molecule is CCOC(=O)[C@@H]1C[C@H]1c1ccc(OCC)cc1. The normalized spacial score (nSPS) is 22.0. The van der Waals surface area contributed by atoms with Gasteiger partial charge in [-0.2, -0.15) is 0 Å². The van der Waals surface area contributed by atoms with Gasteiger partial charge in [0, 0.05) is 0 Å². The lowest BCUT2D eigenvalue weighted by molar-refractivity contribution is -0.144. The minimum absolute atomic E-state index is 0.0629. The highest BCUT2D eigenvalue weighted by molar-refractivity contribution is 5.77. The molecule has 0 aliphatic heterocycles. The third-order valence-electron chi connectivity index (χ3n) is 3.00. The lowest BCUT2D eigenvalue weighted by Gasteiger charge is -2.04. The second-order valence-electron chi connectivity index (χ2n) is 4.20. The van der Waals surface area contributed by atoms with Crippen LogP contribution in [0.25, 0.3) is 0 Å². The van der Waals surface area contributed by atoms with Crippen molar-refractivity contribution in [3.63, 3.8) is 0 Å². The molecule has 0 spiro atoms. The van der Waals surface area contributed by atoms with E-state index in [4.69, 9.17) is 9.47 Å². The molecule has 0 bridgehead atoms. The van der Waals surface area contributed by atoms with Gasteiger partial charge in [0.15, 0.2) is 0 Å². The Morgan fingerprint density at radius 3 is 2.53 bits per heavy atom. The van der Waals surface area contributed by atoms with Gasteiger partial charge in [-0.25, -0.2) is 0 Å². The minimum atomic E-state index is -0.0635. The first-order valence-corrected chi connectivity index (χ1v) is 6.15. The van der Waals surface area contributed by atoms with Crippen molar-refractivity contribution < 1.29 is 14.3 Å². The number of hydrogen-bond donors (Lipinski definition) is 0. The highest BCUT2D eigenvalue weighted by atomic mass is 16.5. The van der Waals surface area contributed by atoms with Crippen molar-refractivity contribution in [3.8, 4) is 5.75 Å². The van der Waals surface area contributed by atoms with E-state index in [1.54, 1.807) is 0 Å². The van der Waals surface area contributed by atoms with Gasteiger partial charge < -0.3 is 9.47 Å². The van der Waals surface area contributed by atoms with Gasteiger partial charge in [-0.05, 0) is 43.9 Å². The van der Waals surface area contributed by atoms with Gasteiger partial charge >= 0.3 is 5.97 Å². The molecule has 0 amide bonds. The molecule has 3 nitrogen and oxygen atoms in total. The van der Waals surface area contributed by atoms with Crippen LogP contribution < -0.4 is 4.74 Å². The topological polar surface area (TPSA) is 35.5 Å². The molecule has 0 aromatic heterocycles. The summed E-state index contributed by atoms with van der Waals surface area (Å²) >= 11 is 0. The largest absolute Gasteiger partial charge is 0.494 e. The van der Waals surface area contributed by atoms with E-state index in [0.29, 0.717) is 19.1 Å². The molecule has 3 heteroatoms. The second-order valence-corrected chi connectivity index (χ2v) is 4.20. The van der Waals surface area contributed by atoms with E-state index in [1.165, 1.54) is 5.56 Å². The van der Waals surface area contributed by atoms with E-state index < -0.39 is 0 Å². The van der Waals surface area contributed by atoms with Crippen LogP contribution in [0.2, 0.25) is 0 Å². The lowest BCUT2D eigenvalue weighted by atomic mass is 10.1. The van der Waals surface area contributed by atoms with Crippen molar-refractivity contribution in [3.05, 3.63) is 29.8 Å². The number of carbonyl (C=O) groups is 1. The summed E-state index contributed by atoms with van der Waals surface area (Å²) in [5, 5.41) is 0. The Kier molecular flexibility index (Phi) is 3.67. The van der Waals surface area contributed by atoms with Crippen molar-refractivity contribution in [1.82, 2.24) is 0 Å². The summed E-state index contributed by atoms with van der Waals surface area (Å²) in [6, 6.07) is 7.99. The number of hydrogen-bond acceptors (Lipinski definition) is 3. The molecule has 92 valence electrons. The summed E-state index contributed by atoms with van der Waals surface area (Å²) in [6.07, 6.45) is 0.910. The average molecular weight is 234 g/mol. The van der Waals surface area contributed by atoms with Gasteiger partial charge in [0.1, 0.15) is 5.75 Å². The van der Waals surface area contributed by atoms with E-state index >= 15 is 0 Å². The Morgan fingerprint density at radius 1 is 1.24 bits per heavy atom. The third-order valence-corrected chi connectivity index (χ3v) is 3.00. The molecule has 1 aromatic carbocycles. The molecule has 1 fully saturated rings. The van der Waals surface area contributed by atoms with E-state index in [0.717, 1.165) is 12.2 Å². The van der Waals surface area contributed by atoms with Gasteiger partial charge in [0.25, 0.3) is 0 Å². The van der Waals surface area contributed by atoms with Crippen molar-refractivity contribution in [1.29, 1.82) is 0 Å². The summed E-state index contributed by atoms with van der Waals surface area (Å²) < 4.78 is 10.4. The summed E-state index contributed by atoms with van der Waals surface area (Å²) in [6.45, 7) is 4.94. The van der Waals surface area contributed by atoms with E-state index in [2.05, 4.69) is 0 Å². The fourth-order valence-electron chi connectivity index (χ4n) is 2.05. The highest BCUT2D eigenvalue weighted by Crippen LogP contribution is 2.48. The molecule has 0 unspecified atom stereocenters. The van der Waals surface area contributed by atoms with Crippen LogP contribution in [-0.4, -0.2) is 19.2 Å². The van der Waals surface area contributed by atoms with Crippen LogP contribution in [0.5, 0.6) is 5.75 Å². The van der Waals surface area contributed by atoms with Crippen LogP contribution in [0, 0.1) is 5.92 Å². The first-order chi connectivity index (χ1) is 8.26. The van der Waals surface area contributed by atoms with Crippen LogP contribution in [-0.2, 0) is 9.53 Å². The minimum Gasteiger partial charge on any atom is -0.494 e. The highest BCUT2D eigenvalue weighted by Gasteiger charge is 2.44. The molecule has 1 aliphatic rings. The Labute approximate surface area is 102 Å². The summed E-state index contributed by atoms with van der Waals surface area (Å²) in [5.41, 5.74) is 1.20. The van der Waals surface area contributed by atoms with Gasteiger partial charge in [-0.1, -0.05) is 12.1 Å². The number of benzene rings is 1. The summed E-state index contributed by atoms with van der Waals surface area (Å²) in [4.78, 5) is 11.5. The van der Waals surface area contributed by atoms with Crippen LogP contribution in [0.3, 0.4) is 0 Å². The average Bonchev–Trinajstić information content (AvgIpc) is 3.11. The molecular formula is C14H18O3. The quantitative estimate of drug-likeness (QED) is 0.735. The predicted molar refractivity (Wildman–Crippen MR) is 65.1 cm³/mol. The predicted octanol–water partition coefficient (Wildman–Crippen LogP) is 2.75. The van der Waals surface area contributed by atoms with E-state index in [1.807, 2.05) is 38.1 Å². The van der Waals surface area contributed by atoms with Crippen LogP contribution in [0.15, 0.2) is 24.3 Å². The molecule has 0 N–H and O–H groups in total. The molecule has 17 heavy (non-hydrogen) atoms. The Bertz CT molecular complexity index is 383. The number of rotatable bonds is 5. The third kappa shape index (κ3) is 2.78. The van der Waals surface area contributed by atoms with Crippen LogP contribution in [0.1, 0.15) is 31.7 Å². The maximum Gasteiger partial charge on any atom is 0.309 e. The number of carbonyl (C=O) groups excluding carboxylic acids is 1. The Balaban J connectivity index is 1.94. The fourth-order valence-corrected chi connectivity index (χ4v) is 2.05. The zero-order valence-electron chi connectivity index (χ0n) is 10.3. The fraction of sp³-hybridized carbons (Fsp3) is 0.500. The molecule has 1 saturated carbocycles. The monoisotopic (exact) mass is 234 g/mol. The molecule has 0 saturated heterocycles. The van der Waals surface area contributed by atoms with Crippen LogP contribution in [0.4, 0.5) is 0 Å². The Morgan fingerprint density at radius 2 is 1.94 bits per heavy atom. The smallest absolute Gasteiger partial charge is 0.309 e. The maximum atomic E-state index is 11.5. The van der Waals surface area contributed by atoms with E-state index in [-0.39, 0.29) is 11.9 Å².